The van der Waals surface area contributed by atoms with Crippen LogP contribution in [0, 0.1) is 6.92 Å². The Hall–Kier alpha value is -3.26. The van der Waals surface area contributed by atoms with Crippen LogP contribution in [0.5, 0.6) is 0 Å². The number of nitrogens with zero attached hydrogens (tertiary/aromatic N) is 2. The maximum Gasteiger partial charge on any atom is 0.259 e. The molecule has 2 heterocycles. The van der Waals surface area contributed by atoms with Gasteiger partial charge in [0, 0.05) is 56.1 Å². The molecule has 34 heavy (non-hydrogen) atoms. The molecule has 0 unspecified atom stereocenters. The number of fused-ring (bicyclic) bond motifs is 1. The first-order valence-corrected chi connectivity index (χ1v) is 11.3. The van der Waals surface area contributed by atoms with Crippen LogP contribution in [0.2, 0.25) is 5.02 Å². The smallest absolute Gasteiger partial charge is 0.259 e. The van der Waals surface area contributed by atoms with Gasteiger partial charge in [-0.3, -0.25) is 9.59 Å². The van der Waals surface area contributed by atoms with Gasteiger partial charge >= 0.3 is 0 Å². The van der Waals surface area contributed by atoms with Crippen molar-refractivity contribution < 1.29 is 19.1 Å². The van der Waals surface area contributed by atoms with E-state index in [1.165, 1.54) is 6.20 Å². The van der Waals surface area contributed by atoms with Crippen LogP contribution in [-0.2, 0) is 15.9 Å². The number of carbonyl (C=O) groups excluding carboxylic acids is 2. The second-order valence-electron chi connectivity index (χ2n) is 8.18. The summed E-state index contributed by atoms with van der Waals surface area (Å²) in [5.74, 6) is -0.948. The summed E-state index contributed by atoms with van der Waals surface area (Å²) in [5, 5.41) is 3.35. The summed E-state index contributed by atoms with van der Waals surface area (Å²) >= 11 is 6.24. The predicted molar refractivity (Wildman–Crippen MR) is 132 cm³/mol. The van der Waals surface area contributed by atoms with Crippen LogP contribution in [0.15, 0.2) is 60.8 Å². The van der Waals surface area contributed by atoms with Crippen molar-refractivity contribution >= 4 is 34.9 Å². The van der Waals surface area contributed by atoms with Gasteiger partial charge in [-0.1, -0.05) is 29.8 Å². The van der Waals surface area contributed by atoms with Gasteiger partial charge in [0.05, 0.1) is 5.56 Å². The van der Waals surface area contributed by atoms with Crippen molar-refractivity contribution in [1.29, 1.82) is 0 Å². The lowest BCUT2D eigenvalue weighted by Crippen LogP contribution is -2.39. The third-order valence-corrected chi connectivity index (χ3v) is 6.37. The third-order valence-electron chi connectivity index (χ3n) is 6.14. The Labute approximate surface area is 203 Å². The number of hydrogen-bond acceptors (Lipinski definition) is 5. The van der Waals surface area contributed by atoms with E-state index < -0.39 is 5.79 Å². The van der Waals surface area contributed by atoms with Gasteiger partial charge in [0.15, 0.2) is 5.79 Å². The Morgan fingerprint density at radius 2 is 1.85 bits per heavy atom. The Bertz CT molecular complexity index is 1210. The lowest BCUT2D eigenvalue weighted by atomic mass is 10.0. The van der Waals surface area contributed by atoms with Crippen LogP contribution in [0.1, 0.15) is 38.3 Å². The van der Waals surface area contributed by atoms with Gasteiger partial charge in [-0.25, -0.2) is 4.98 Å². The number of pyridine rings is 1. The first-order valence-electron chi connectivity index (χ1n) is 10.9. The molecule has 0 aliphatic carbocycles. The number of methoxy groups -OCH3 is 2. The van der Waals surface area contributed by atoms with Gasteiger partial charge in [-0.15, -0.1) is 0 Å². The summed E-state index contributed by atoms with van der Waals surface area (Å²) in [6.07, 6.45) is 2.41. The fourth-order valence-corrected chi connectivity index (χ4v) is 4.34. The quantitative estimate of drug-likeness (QED) is 0.527. The lowest BCUT2D eigenvalue weighted by molar-refractivity contribution is -0.207. The minimum absolute atomic E-state index is 0.212. The maximum absolute atomic E-state index is 13.5. The second-order valence-corrected chi connectivity index (χ2v) is 8.61. The number of hydrogen-bond donors (Lipinski definition) is 1. The zero-order chi connectivity index (χ0) is 24.3. The minimum atomic E-state index is -0.851. The molecule has 0 fully saturated rings. The standard InChI is InChI=1S/C26H26ClN3O4/c1-17-6-4-5-7-21(17)24(31)29-23-11-8-18(16-28-23)25(32)30-13-12-26(33-2,34-3)15-19-14-20(27)9-10-22(19)30/h4-11,14,16H,12-13,15H2,1-3H3,(H,28,29,31). The average Bonchev–Trinajstić information content (AvgIpc) is 3.01. The summed E-state index contributed by atoms with van der Waals surface area (Å²) in [5.41, 5.74) is 3.45. The molecule has 1 aliphatic heterocycles. The molecule has 0 spiro atoms. The number of nitrogens with one attached hydrogen (secondary N) is 1. The molecule has 7 nitrogen and oxygen atoms in total. The molecular formula is C26H26ClN3O4. The molecule has 1 aliphatic rings. The van der Waals surface area contributed by atoms with Crippen LogP contribution >= 0.6 is 11.6 Å². The number of ether oxygens (including phenoxy) is 2. The van der Waals surface area contributed by atoms with Crippen molar-refractivity contribution in [1.82, 2.24) is 4.98 Å². The number of carbonyl (C=O) groups is 2. The Kier molecular flexibility index (Phi) is 6.97. The zero-order valence-corrected chi connectivity index (χ0v) is 20.1. The fourth-order valence-electron chi connectivity index (χ4n) is 4.14. The molecule has 0 saturated carbocycles. The number of aromatic nitrogens is 1. The monoisotopic (exact) mass is 479 g/mol. The van der Waals surface area contributed by atoms with Crippen molar-refractivity contribution in [3.05, 3.63) is 88.1 Å². The SMILES string of the molecule is COC1(OC)CCN(C(=O)c2ccc(NC(=O)c3ccccc3C)nc2)c2ccc(Cl)cc2C1. The normalized spacial score (nSPS) is 14.8. The minimum Gasteiger partial charge on any atom is -0.353 e. The van der Waals surface area contributed by atoms with Gasteiger partial charge in [0.2, 0.25) is 0 Å². The number of rotatable bonds is 5. The molecule has 1 N–H and O–H groups in total. The van der Waals surface area contributed by atoms with E-state index in [1.54, 1.807) is 43.4 Å². The first kappa shape index (κ1) is 23.9. The Balaban J connectivity index is 1.57. The molecule has 2 aromatic carbocycles. The highest BCUT2D eigenvalue weighted by atomic mass is 35.5. The number of benzene rings is 2. The second kappa shape index (κ2) is 9.93. The van der Waals surface area contributed by atoms with Crippen LogP contribution in [0.4, 0.5) is 11.5 Å². The topological polar surface area (TPSA) is 80.8 Å². The van der Waals surface area contributed by atoms with Crippen LogP contribution in [0.3, 0.4) is 0 Å². The molecule has 1 aromatic heterocycles. The fraction of sp³-hybridized carbons (Fsp3) is 0.269. The zero-order valence-electron chi connectivity index (χ0n) is 19.3. The predicted octanol–water partition coefficient (Wildman–Crippen LogP) is 4.88. The summed E-state index contributed by atoms with van der Waals surface area (Å²) in [7, 11) is 3.19. The average molecular weight is 480 g/mol. The van der Waals surface area contributed by atoms with Gasteiger partial charge in [0.1, 0.15) is 5.82 Å². The van der Waals surface area contributed by atoms with Crippen molar-refractivity contribution in [2.24, 2.45) is 0 Å². The molecule has 0 saturated heterocycles. The molecule has 4 rings (SSSR count). The molecule has 8 heteroatoms. The Morgan fingerprint density at radius 3 is 2.53 bits per heavy atom. The largest absolute Gasteiger partial charge is 0.353 e. The molecule has 0 bridgehead atoms. The summed E-state index contributed by atoms with van der Waals surface area (Å²) in [4.78, 5) is 32.0. The molecule has 3 aromatic rings. The highest BCUT2D eigenvalue weighted by Crippen LogP contribution is 2.35. The van der Waals surface area contributed by atoms with Crippen molar-refractivity contribution in [3.8, 4) is 0 Å². The molecular weight excluding hydrogens is 454 g/mol. The number of aryl methyl sites for hydroxylation is 1. The lowest BCUT2D eigenvalue weighted by Gasteiger charge is -2.29. The van der Waals surface area contributed by atoms with E-state index in [0.29, 0.717) is 41.4 Å². The highest BCUT2D eigenvalue weighted by Gasteiger charge is 2.37. The summed E-state index contributed by atoms with van der Waals surface area (Å²) < 4.78 is 11.4. The van der Waals surface area contributed by atoms with Gasteiger partial charge in [-0.2, -0.15) is 0 Å². The summed E-state index contributed by atoms with van der Waals surface area (Å²) in [6.45, 7) is 2.26. The van der Waals surface area contributed by atoms with E-state index >= 15 is 0 Å². The van der Waals surface area contributed by atoms with Crippen LogP contribution in [0.25, 0.3) is 0 Å². The Morgan fingerprint density at radius 1 is 1.09 bits per heavy atom. The molecule has 176 valence electrons. The van der Waals surface area contributed by atoms with Gasteiger partial charge < -0.3 is 19.7 Å². The van der Waals surface area contributed by atoms with E-state index in [9.17, 15) is 9.59 Å². The van der Waals surface area contributed by atoms with E-state index in [-0.39, 0.29) is 11.8 Å². The van der Waals surface area contributed by atoms with E-state index in [4.69, 9.17) is 21.1 Å². The van der Waals surface area contributed by atoms with Gasteiger partial charge in [-0.05, 0) is 54.4 Å². The maximum atomic E-state index is 13.5. The number of anilines is 2. The highest BCUT2D eigenvalue weighted by molar-refractivity contribution is 6.30. The van der Waals surface area contributed by atoms with E-state index in [1.807, 2.05) is 37.3 Å². The van der Waals surface area contributed by atoms with Crippen molar-refractivity contribution in [2.45, 2.75) is 25.6 Å². The van der Waals surface area contributed by atoms with Crippen molar-refractivity contribution in [3.63, 3.8) is 0 Å². The van der Waals surface area contributed by atoms with E-state index in [2.05, 4.69) is 10.3 Å². The summed E-state index contributed by atoms with van der Waals surface area (Å²) in [6, 6.07) is 16.0. The van der Waals surface area contributed by atoms with Crippen molar-refractivity contribution in [2.75, 3.05) is 31.0 Å². The van der Waals surface area contributed by atoms with Crippen LogP contribution < -0.4 is 10.2 Å². The third kappa shape index (κ3) is 4.82. The molecule has 2 amide bonds. The first-order chi connectivity index (χ1) is 16.4. The molecule has 0 atom stereocenters. The van der Waals surface area contributed by atoms with Gasteiger partial charge in [0.25, 0.3) is 11.8 Å². The van der Waals surface area contributed by atoms with E-state index in [0.717, 1.165) is 16.8 Å². The number of amides is 2. The number of halogens is 1. The molecule has 0 radical (unpaired) electrons. The van der Waals surface area contributed by atoms with Crippen LogP contribution in [-0.4, -0.2) is 43.3 Å².